The van der Waals surface area contributed by atoms with Gasteiger partial charge in [-0.1, -0.05) is 6.07 Å². The van der Waals surface area contributed by atoms with Crippen LogP contribution in [0.2, 0.25) is 0 Å². The van der Waals surface area contributed by atoms with E-state index in [0.29, 0.717) is 18.9 Å². The molecule has 0 bridgehead atoms. The van der Waals surface area contributed by atoms with Gasteiger partial charge in [-0.2, -0.15) is 0 Å². The van der Waals surface area contributed by atoms with Gasteiger partial charge in [-0.25, -0.2) is 0 Å². The molecule has 0 aliphatic carbocycles. The van der Waals surface area contributed by atoms with Gasteiger partial charge >= 0.3 is 0 Å². The molecule has 1 saturated heterocycles. The standard InChI is InChI=1S/C19H27N3O/c1-5-6-7-8-19(23)20-16-10-9-15(2)18(13-16)22-12-11-17(14-22)21(3)4/h1,9-10,13,17H,6-8,11-12,14H2,2-4H3,(H,20,23). The van der Waals surface area contributed by atoms with Crippen molar-refractivity contribution >= 4 is 17.3 Å². The molecular formula is C19H27N3O. The first-order valence-electron chi connectivity index (χ1n) is 8.26. The molecule has 1 aromatic carbocycles. The first-order chi connectivity index (χ1) is 11.0. The number of rotatable bonds is 6. The van der Waals surface area contributed by atoms with Gasteiger partial charge in [0, 0.05) is 43.3 Å². The molecule has 1 aliphatic rings. The molecule has 1 N–H and O–H groups in total. The van der Waals surface area contributed by atoms with Gasteiger partial charge in [-0.15, -0.1) is 12.3 Å². The number of amides is 1. The predicted octanol–water partition coefficient (Wildman–Crippen LogP) is 2.88. The number of terminal acetylenes is 1. The van der Waals surface area contributed by atoms with Crippen molar-refractivity contribution in [3.63, 3.8) is 0 Å². The quantitative estimate of drug-likeness (QED) is 0.648. The van der Waals surface area contributed by atoms with E-state index in [1.807, 2.05) is 6.07 Å². The van der Waals surface area contributed by atoms with E-state index >= 15 is 0 Å². The predicted molar refractivity (Wildman–Crippen MR) is 96.8 cm³/mol. The molecule has 1 fully saturated rings. The van der Waals surface area contributed by atoms with Gasteiger partial charge in [-0.05, 0) is 51.6 Å². The van der Waals surface area contributed by atoms with Crippen LogP contribution in [-0.4, -0.2) is 44.0 Å². The van der Waals surface area contributed by atoms with E-state index in [1.165, 1.54) is 17.7 Å². The van der Waals surface area contributed by atoms with Crippen LogP contribution >= 0.6 is 0 Å². The van der Waals surface area contributed by atoms with Gasteiger partial charge in [0.1, 0.15) is 0 Å². The van der Waals surface area contributed by atoms with Crippen LogP contribution in [0, 0.1) is 19.3 Å². The molecule has 1 atom stereocenters. The smallest absolute Gasteiger partial charge is 0.224 e. The van der Waals surface area contributed by atoms with Crippen molar-refractivity contribution in [2.45, 2.75) is 38.6 Å². The lowest BCUT2D eigenvalue weighted by Gasteiger charge is -2.24. The topological polar surface area (TPSA) is 35.6 Å². The van der Waals surface area contributed by atoms with Crippen LogP contribution < -0.4 is 10.2 Å². The third-order valence-electron chi connectivity index (χ3n) is 4.45. The summed E-state index contributed by atoms with van der Waals surface area (Å²) in [5.41, 5.74) is 3.33. The summed E-state index contributed by atoms with van der Waals surface area (Å²) in [6, 6.07) is 6.73. The molecule has 4 nitrogen and oxygen atoms in total. The summed E-state index contributed by atoms with van der Waals surface area (Å²) in [4.78, 5) is 16.6. The van der Waals surface area contributed by atoms with Crippen LogP contribution in [0.4, 0.5) is 11.4 Å². The summed E-state index contributed by atoms with van der Waals surface area (Å²) in [7, 11) is 4.27. The van der Waals surface area contributed by atoms with E-state index in [4.69, 9.17) is 6.42 Å². The first kappa shape index (κ1) is 17.4. The van der Waals surface area contributed by atoms with E-state index in [2.05, 4.69) is 54.2 Å². The van der Waals surface area contributed by atoms with Crippen molar-refractivity contribution in [3.05, 3.63) is 23.8 Å². The van der Waals surface area contributed by atoms with Crippen LogP contribution in [0.3, 0.4) is 0 Å². The van der Waals surface area contributed by atoms with Crippen LogP contribution in [0.5, 0.6) is 0 Å². The highest BCUT2D eigenvalue weighted by molar-refractivity contribution is 5.91. The van der Waals surface area contributed by atoms with Crippen molar-refractivity contribution in [2.24, 2.45) is 0 Å². The zero-order valence-electron chi connectivity index (χ0n) is 14.4. The zero-order valence-corrected chi connectivity index (χ0v) is 14.4. The minimum absolute atomic E-state index is 0.0302. The maximum Gasteiger partial charge on any atom is 0.224 e. The minimum Gasteiger partial charge on any atom is -0.370 e. The Morgan fingerprint density at radius 3 is 2.91 bits per heavy atom. The molecule has 0 spiro atoms. The SMILES string of the molecule is C#CCCCC(=O)Nc1ccc(C)c(N2CCC(N(C)C)C2)c1. The fourth-order valence-corrected chi connectivity index (χ4v) is 2.98. The first-order valence-corrected chi connectivity index (χ1v) is 8.26. The normalized spacial score (nSPS) is 17.3. The third kappa shape index (κ3) is 4.74. The average Bonchev–Trinajstić information content (AvgIpc) is 2.99. The Hall–Kier alpha value is -1.99. The second-order valence-electron chi connectivity index (χ2n) is 6.46. The molecule has 4 heteroatoms. The Bertz CT molecular complexity index is 589. The fraction of sp³-hybridized carbons (Fsp3) is 0.526. The van der Waals surface area contributed by atoms with Crippen molar-refractivity contribution in [3.8, 4) is 12.3 Å². The maximum atomic E-state index is 11.9. The molecular weight excluding hydrogens is 286 g/mol. The number of likely N-dealkylation sites (N-methyl/N-ethyl adjacent to an activating group) is 1. The van der Waals surface area contributed by atoms with E-state index in [0.717, 1.165) is 25.2 Å². The summed E-state index contributed by atoms with van der Waals surface area (Å²) < 4.78 is 0. The van der Waals surface area contributed by atoms with Gasteiger partial charge in [0.05, 0.1) is 0 Å². The maximum absolute atomic E-state index is 11.9. The molecule has 1 unspecified atom stereocenters. The Balaban J connectivity index is 2.02. The molecule has 1 heterocycles. The second-order valence-corrected chi connectivity index (χ2v) is 6.46. The number of nitrogens with one attached hydrogen (secondary N) is 1. The summed E-state index contributed by atoms with van der Waals surface area (Å²) in [6.07, 6.45) is 8.24. The van der Waals surface area contributed by atoms with Crippen LogP contribution in [0.15, 0.2) is 18.2 Å². The largest absolute Gasteiger partial charge is 0.370 e. The van der Waals surface area contributed by atoms with Gasteiger partial charge < -0.3 is 15.1 Å². The molecule has 0 aromatic heterocycles. The molecule has 1 aromatic rings. The molecule has 0 radical (unpaired) electrons. The highest BCUT2D eigenvalue weighted by Crippen LogP contribution is 2.28. The summed E-state index contributed by atoms with van der Waals surface area (Å²) in [6.45, 7) is 4.22. The molecule has 23 heavy (non-hydrogen) atoms. The molecule has 0 saturated carbocycles. The number of anilines is 2. The molecule has 124 valence electrons. The Kier molecular flexibility index (Phi) is 6.06. The van der Waals surface area contributed by atoms with Gasteiger partial charge in [0.2, 0.25) is 5.91 Å². The number of carbonyl (C=O) groups is 1. The lowest BCUT2D eigenvalue weighted by Crippen LogP contribution is -2.31. The molecule has 2 rings (SSSR count). The van der Waals surface area contributed by atoms with Crippen molar-refractivity contribution in [1.82, 2.24) is 4.90 Å². The van der Waals surface area contributed by atoms with E-state index in [1.54, 1.807) is 0 Å². The Morgan fingerprint density at radius 1 is 1.48 bits per heavy atom. The monoisotopic (exact) mass is 313 g/mol. The number of aryl methyl sites for hydroxylation is 1. The lowest BCUT2D eigenvalue weighted by atomic mass is 10.1. The second kappa shape index (κ2) is 8.03. The summed E-state index contributed by atoms with van der Waals surface area (Å²) in [5, 5.41) is 2.98. The number of benzene rings is 1. The van der Waals surface area contributed by atoms with E-state index < -0.39 is 0 Å². The van der Waals surface area contributed by atoms with Gasteiger partial charge in [-0.3, -0.25) is 4.79 Å². The zero-order chi connectivity index (χ0) is 16.8. The lowest BCUT2D eigenvalue weighted by molar-refractivity contribution is -0.116. The third-order valence-corrected chi connectivity index (χ3v) is 4.45. The Labute approximate surface area is 139 Å². The van der Waals surface area contributed by atoms with Gasteiger partial charge in [0.25, 0.3) is 0 Å². The van der Waals surface area contributed by atoms with Crippen molar-refractivity contribution in [2.75, 3.05) is 37.4 Å². The average molecular weight is 313 g/mol. The molecule has 1 amide bonds. The minimum atomic E-state index is 0.0302. The van der Waals surface area contributed by atoms with Crippen LogP contribution in [-0.2, 0) is 4.79 Å². The van der Waals surface area contributed by atoms with Crippen LogP contribution in [0.1, 0.15) is 31.2 Å². The van der Waals surface area contributed by atoms with E-state index in [9.17, 15) is 4.79 Å². The number of unbranched alkanes of at least 4 members (excludes halogenated alkanes) is 1. The van der Waals surface area contributed by atoms with Crippen molar-refractivity contribution in [1.29, 1.82) is 0 Å². The van der Waals surface area contributed by atoms with Crippen molar-refractivity contribution < 1.29 is 4.79 Å². The number of carbonyl (C=O) groups excluding carboxylic acids is 1. The highest BCUT2D eigenvalue weighted by atomic mass is 16.1. The Morgan fingerprint density at radius 2 is 2.26 bits per heavy atom. The van der Waals surface area contributed by atoms with Gasteiger partial charge in [0.15, 0.2) is 0 Å². The number of hydrogen-bond acceptors (Lipinski definition) is 3. The van der Waals surface area contributed by atoms with Crippen LogP contribution in [0.25, 0.3) is 0 Å². The summed E-state index contributed by atoms with van der Waals surface area (Å²) in [5.74, 6) is 2.59. The number of nitrogens with zero attached hydrogens (tertiary/aromatic N) is 2. The number of hydrogen-bond donors (Lipinski definition) is 1. The summed E-state index contributed by atoms with van der Waals surface area (Å²) >= 11 is 0. The van der Waals surface area contributed by atoms with E-state index in [-0.39, 0.29) is 5.91 Å². The molecule has 1 aliphatic heterocycles. The fourth-order valence-electron chi connectivity index (χ4n) is 2.98. The highest BCUT2D eigenvalue weighted by Gasteiger charge is 2.25.